The predicted molar refractivity (Wildman–Crippen MR) is 138 cm³/mol. The highest BCUT2D eigenvalue weighted by atomic mass is 19.2. The van der Waals surface area contributed by atoms with Crippen LogP contribution in [0.5, 0.6) is 11.5 Å². The van der Waals surface area contributed by atoms with Gasteiger partial charge in [-0.25, -0.2) is 22.9 Å². The number of hydrogen-bond acceptors (Lipinski definition) is 9. The van der Waals surface area contributed by atoms with E-state index in [4.69, 9.17) is 23.7 Å². The van der Waals surface area contributed by atoms with Crippen molar-refractivity contribution in [3.63, 3.8) is 0 Å². The second-order valence-electron chi connectivity index (χ2n) is 10.0. The number of amides is 1. The van der Waals surface area contributed by atoms with Gasteiger partial charge in [-0.05, 0) is 37.0 Å². The van der Waals surface area contributed by atoms with Crippen LogP contribution in [-0.4, -0.2) is 68.0 Å². The summed E-state index contributed by atoms with van der Waals surface area (Å²) < 4.78 is 69.1. The van der Waals surface area contributed by atoms with Gasteiger partial charge in [0.25, 0.3) is 5.91 Å². The van der Waals surface area contributed by atoms with Gasteiger partial charge in [-0.2, -0.15) is 0 Å². The largest absolute Gasteiger partial charge is 0.493 e. The first kappa shape index (κ1) is 31.8. The first-order valence-electron chi connectivity index (χ1n) is 13.0. The van der Waals surface area contributed by atoms with Crippen LogP contribution in [0.1, 0.15) is 43.7 Å². The molecule has 10 nitrogen and oxygen atoms in total. The molecule has 2 aromatic rings. The lowest BCUT2D eigenvalue weighted by Gasteiger charge is -2.31. The lowest BCUT2D eigenvalue weighted by Crippen LogP contribution is -2.46. The number of methoxy groups -OCH3 is 1. The normalized spacial score (nSPS) is 21.3. The number of esters is 2. The molecule has 41 heavy (non-hydrogen) atoms. The van der Waals surface area contributed by atoms with Crippen molar-refractivity contribution in [2.75, 3.05) is 26.9 Å². The second-order valence-corrected chi connectivity index (χ2v) is 10.0. The molecule has 1 fully saturated rings. The van der Waals surface area contributed by atoms with Gasteiger partial charge in [-0.3, -0.25) is 9.59 Å². The summed E-state index contributed by atoms with van der Waals surface area (Å²) in [5.74, 6) is -7.25. The summed E-state index contributed by atoms with van der Waals surface area (Å²) >= 11 is 0. The van der Waals surface area contributed by atoms with Gasteiger partial charge >= 0.3 is 11.9 Å². The fourth-order valence-electron chi connectivity index (χ4n) is 4.32. The fraction of sp³-hybridized carbons (Fsp3) is 0.500. The molecule has 224 valence electrons. The summed E-state index contributed by atoms with van der Waals surface area (Å²) in [5, 5.41) is 2.49. The maximum atomic E-state index is 13.9. The average Bonchev–Trinajstić information content (AvgIpc) is 2.94. The molecule has 1 aromatic heterocycles. The van der Waals surface area contributed by atoms with Crippen LogP contribution in [0.2, 0.25) is 0 Å². The van der Waals surface area contributed by atoms with E-state index in [1.54, 1.807) is 6.92 Å². The number of aromatic nitrogens is 1. The number of rotatable bonds is 9. The Balaban J connectivity index is 1.85. The standard InChI is InChI=1S/C28H33F3N2O8/c1-14(2)11-39-25-15(3)40-28(36)21(13-38-12-18(25)8-17-9-19(29)23(31)20(30)10-17)33-27(35)24-26(41-16(4)34)22(37-5)6-7-32-24/h6-7,9-10,14-15,18,21,25H,8,11-13H2,1-5H3,(H,33,35). The first-order chi connectivity index (χ1) is 19.4. The first-order valence-corrected chi connectivity index (χ1v) is 13.0. The maximum absolute atomic E-state index is 13.9. The zero-order valence-corrected chi connectivity index (χ0v) is 23.4. The molecule has 4 atom stereocenters. The van der Waals surface area contributed by atoms with Gasteiger partial charge < -0.3 is 29.0 Å². The van der Waals surface area contributed by atoms with Gasteiger partial charge in [0.1, 0.15) is 6.10 Å². The van der Waals surface area contributed by atoms with E-state index in [1.807, 2.05) is 13.8 Å². The lowest BCUT2D eigenvalue weighted by molar-refractivity contribution is -0.161. The lowest BCUT2D eigenvalue weighted by atomic mass is 9.91. The van der Waals surface area contributed by atoms with Crippen molar-refractivity contribution >= 4 is 17.8 Å². The second kappa shape index (κ2) is 14.3. The van der Waals surface area contributed by atoms with Crippen LogP contribution < -0.4 is 14.8 Å². The molecule has 4 unspecified atom stereocenters. The number of pyridine rings is 1. The molecule has 2 heterocycles. The van der Waals surface area contributed by atoms with Gasteiger partial charge in [0, 0.05) is 31.7 Å². The van der Waals surface area contributed by atoms with Crippen molar-refractivity contribution < 1.29 is 51.2 Å². The quantitative estimate of drug-likeness (QED) is 0.350. The molecule has 1 aromatic carbocycles. The monoisotopic (exact) mass is 582 g/mol. The number of nitrogens with one attached hydrogen (secondary N) is 1. The molecule has 0 bridgehead atoms. The third-order valence-corrected chi connectivity index (χ3v) is 6.15. The van der Waals surface area contributed by atoms with Gasteiger partial charge in [0.05, 0.1) is 26.4 Å². The minimum Gasteiger partial charge on any atom is -0.493 e. The predicted octanol–water partition coefficient (Wildman–Crippen LogP) is 3.39. The summed E-state index contributed by atoms with van der Waals surface area (Å²) in [6, 6.07) is 1.89. The highest BCUT2D eigenvalue weighted by Gasteiger charge is 2.36. The number of nitrogens with zero attached hydrogens (tertiary/aromatic N) is 1. The molecular formula is C28H33F3N2O8. The van der Waals surface area contributed by atoms with Crippen LogP contribution in [0, 0.1) is 29.3 Å². The van der Waals surface area contributed by atoms with Crippen LogP contribution in [0.4, 0.5) is 13.2 Å². The Kier molecular flexibility index (Phi) is 11.1. The summed E-state index contributed by atoms with van der Waals surface area (Å²) in [6.07, 6.45) is -0.338. The molecule has 1 N–H and O–H groups in total. The minimum absolute atomic E-state index is 0.0231. The molecular weight excluding hydrogens is 549 g/mol. The summed E-state index contributed by atoms with van der Waals surface area (Å²) in [4.78, 5) is 41.8. The molecule has 1 aliphatic rings. The van der Waals surface area contributed by atoms with Crippen LogP contribution in [0.25, 0.3) is 0 Å². The number of cyclic esters (lactones) is 1. The molecule has 1 amide bonds. The van der Waals surface area contributed by atoms with Crippen molar-refractivity contribution in [3.05, 3.63) is 53.1 Å². The summed E-state index contributed by atoms with van der Waals surface area (Å²) in [6.45, 7) is 6.48. The molecule has 13 heteroatoms. The Labute approximate surface area is 235 Å². The Morgan fingerprint density at radius 1 is 1.17 bits per heavy atom. The average molecular weight is 583 g/mol. The number of ether oxygens (including phenoxy) is 5. The third kappa shape index (κ3) is 8.40. The van der Waals surface area contributed by atoms with Crippen LogP contribution in [-0.2, 0) is 30.2 Å². The molecule has 0 aliphatic carbocycles. The van der Waals surface area contributed by atoms with Crippen LogP contribution >= 0.6 is 0 Å². The van der Waals surface area contributed by atoms with E-state index in [1.165, 1.54) is 19.4 Å². The SMILES string of the molecule is COc1ccnc(C(=O)NC2COCC(Cc3cc(F)c(F)c(F)c3)C(OCC(C)C)C(C)OC2=O)c1OC(C)=O. The topological polar surface area (TPSA) is 122 Å². The van der Waals surface area contributed by atoms with Crippen molar-refractivity contribution in [3.8, 4) is 11.5 Å². The molecule has 1 aliphatic heterocycles. The van der Waals surface area contributed by atoms with Crippen LogP contribution in [0.3, 0.4) is 0 Å². The van der Waals surface area contributed by atoms with E-state index in [0.717, 1.165) is 19.1 Å². The Hall–Kier alpha value is -3.71. The fourth-order valence-corrected chi connectivity index (χ4v) is 4.32. The minimum atomic E-state index is -1.57. The third-order valence-electron chi connectivity index (χ3n) is 6.15. The van der Waals surface area contributed by atoms with Crippen molar-refractivity contribution in [2.24, 2.45) is 11.8 Å². The summed E-state index contributed by atoms with van der Waals surface area (Å²) in [5.41, 5.74) is -0.144. The van der Waals surface area contributed by atoms with Crippen molar-refractivity contribution in [1.29, 1.82) is 0 Å². The van der Waals surface area contributed by atoms with Gasteiger partial charge in [-0.15, -0.1) is 0 Å². The highest BCUT2D eigenvalue weighted by molar-refractivity contribution is 5.98. The molecule has 0 saturated carbocycles. The number of halogens is 3. The number of carbonyl (C=O) groups excluding carboxylic acids is 3. The smallest absolute Gasteiger partial charge is 0.331 e. The number of hydrogen-bond donors (Lipinski definition) is 1. The van der Waals surface area contributed by atoms with E-state index in [9.17, 15) is 27.6 Å². The van der Waals surface area contributed by atoms with Crippen molar-refractivity contribution in [1.82, 2.24) is 10.3 Å². The molecule has 0 radical (unpaired) electrons. The molecule has 1 saturated heterocycles. The zero-order valence-electron chi connectivity index (χ0n) is 23.4. The maximum Gasteiger partial charge on any atom is 0.331 e. The Morgan fingerprint density at radius 2 is 1.85 bits per heavy atom. The van der Waals surface area contributed by atoms with Gasteiger partial charge in [0.15, 0.2) is 34.9 Å². The number of benzene rings is 1. The van der Waals surface area contributed by atoms with E-state index in [-0.39, 0.29) is 54.9 Å². The van der Waals surface area contributed by atoms with E-state index in [0.29, 0.717) is 0 Å². The molecule has 3 rings (SSSR count). The van der Waals surface area contributed by atoms with E-state index >= 15 is 0 Å². The van der Waals surface area contributed by atoms with Crippen LogP contribution in [0.15, 0.2) is 24.4 Å². The summed E-state index contributed by atoms with van der Waals surface area (Å²) in [7, 11) is 1.32. The molecule has 0 spiro atoms. The van der Waals surface area contributed by atoms with E-state index in [2.05, 4.69) is 10.3 Å². The zero-order chi connectivity index (χ0) is 30.3. The van der Waals surface area contributed by atoms with Crippen molar-refractivity contribution in [2.45, 2.75) is 52.4 Å². The Morgan fingerprint density at radius 3 is 2.46 bits per heavy atom. The van der Waals surface area contributed by atoms with Gasteiger partial charge in [0.2, 0.25) is 5.75 Å². The highest BCUT2D eigenvalue weighted by Crippen LogP contribution is 2.30. The van der Waals surface area contributed by atoms with E-state index < -0.39 is 59.5 Å². The van der Waals surface area contributed by atoms with Gasteiger partial charge in [-0.1, -0.05) is 13.8 Å². The Bertz CT molecular complexity index is 1240. The number of carbonyl (C=O) groups is 3.